The number of rotatable bonds is 7. The van der Waals surface area contributed by atoms with Crippen molar-refractivity contribution in [2.45, 2.75) is 26.2 Å². The highest BCUT2D eigenvalue weighted by Gasteiger charge is 2.05. The summed E-state index contributed by atoms with van der Waals surface area (Å²) in [5.41, 5.74) is 6.77. The van der Waals surface area contributed by atoms with Gasteiger partial charge in [0.1, 0.15) is 18.0 Å². The Labute approximate surface area is 96.4 Å². The molecule has 0 fully saturated rings. The van der Waals surface area contributed by atoms with E-state index in [1.807, 2.05) is 6.92 Å². The predicted octanol–water partition coefficient (Wildman–Crippen LogP) is 1.46. The second kappa shape index (κ2) is 7.00. The summed E-state index contributed by atoms with van der Waals surface area (Å²) in [4.78, 5) is 8.17. The van der Waals surface area contributed by atoms with Gasteiger partial charge >= 0.3 is 0 Å². The molecule has 0 spiro atoms. The molecule has 0 aliphatic carbocycles. The summed E-state index contributed by atoms with van der Waals surface area (Å²) in [5.74, 6) is 1.42. The summed E-state index contributed by atoms with van der Waals surface area (Å²) in [6.07, 6.45) is 4.44. The lowest BCUT2D eigenvalue weighted by molar-refractivity contribution is 0.194. The molecule has 90 valence electrons. The lowest BCUT2D eigenvalue weighted by Crippen LogP contribution is -2.09. The van der Waals surface area contributed by atoms with Crippen LogP contribution in [0.1, 0.15) is 25.3 Å². The molecule has 0 atom stereocenters. The molecule has 0 unspecified atom stereocenters. The van der Waals surface area contributed by atoms with Gasteiger partial charge in [-0.15, -0.1) is 0 Å². The molecule has 0 aliphatic rings. The van der Waals surface area contributed by atoms with Crippen molar-refractivity contribution in [1.82, 2.24) is 9.97 Å². The minimum absolute atomic E-state index is 0.567. The van der Waals surface area contributed by atoms with Crippen LogP contribution in [0.5, 0.6) is 0 Å². The third kappa shape index (κ3) is 3.66. The minimum atomic E-state index is 0.567. The highest BCUT2D eigenvalue weighted by atomic mass is 16.5. The van der Waals surface area contributed by atoms with Crippen molar-refractivity contribution in [3.05, 3.63) is 11.9 Å². The van der Waals surface area contributed by atoms with Crippen LogP contribution in [0.25, 0.3) is 0 Å². The van der Waals surface area contributed by atoms with Crippen molar-refractivity contribution in [2.24, 2.45) is 0 Å². The molecule has 0 amide bonds. The zero-order valence-corrected chi connectivity index (χ0v) is 9.99. The Morgan fingerprint density at radius 3 is 2.88 bits per heavy atom. The van der Waals surface area contributed by atoms with E-state index in [1.54, 1.807) is 7.11 Å². The normalized spacial score (nSPS) is 10.4. The molecule has 5 heteroatoms. The Balaban J connectivity index is 2.44. The van der Waals surface area contributed by atoms with Crippen LogP contribution in [0.15, 0.2) is 6.33 Å². The molecule has 0 saturated heterocycles. The summed E-state index contributed by atoms with van der Waals surface area (Å²) < 4.78 is 4.98. The summed E-state index contributed by atoms with van der Waals surface area (Å²) in [6.45, 7) is 3.73. The second-order valence-corrected chi connectivity index (χ2v) is 3.57. The van der Waals surface area contributed by atoms with Crippen molar-refractivity contribution in [3.8, 4) is 0 Å². The lowest BCUT2D eigenvalue weighted by atomic mass is 10.2. The van der Waals surface area contributed by atoms with Gasteiger partial charge in [-0.25, -0.2) is 9.97 Å². The largest absolute Gasteiger partial charge is 0.385 e. The van der Waals surface area contributed by atoms with Crippen LogP contribution in [0.2, 0.25) is 0 Å². The number of hydrogen-bond acceptors (Lipinski definition) is 5. The molecule has 16 heavy (non-hydrogen) atoms. The van der Waals surface area contributed by atoms with E-state index in [-0.39, 0.29) is 0 Å². The molecule has 1 rings (SSSR count). The average molecular weight is 224 g/mol. The van der Waals surface area contributed by atoms with Crippen LogP contribution < -0.4 is 11.1 Å². The quantitative estimate of drug-likeness (QED) is 0.686. The smallest absolute Gasteiger partial charge is 0.134 e. The fourth-order valence-electron chi connectivity index (χ4n) is 1.51. The van der Waals surface area contributed by atoms with Crippen LogP contribution in [0, 0.1) is 0 Å². The Bertz CT molecular complexity index is 317. The van der Waals surface area contributed by atoms with Crippen molar-refractivity contribution in [1.29, 1.82) is 0 Å². The standard InChI is InChI=1S/C11H20N4O/c1-3-9-10(12)14-8-15-11(9)13-6-4-5-7-16-2/h8H,3-7H2,1-2H3,(H3,12,13,14,15). The first-order valence-electron chi connectivity index (χ1n) is 5.61. The highest BCUT2D eigenvalue weighted by molar-refractivity contribution is 5.54. The summed E-state index contributed by atoms with van der Waals surface area (Å²) in [7, 11) is 1.72. The maximum Gasteiger partial charge on any atom is 0.134 e. The van der Waals surface area contributed by atoms with Crippen molar-refractivity contribution >= 4 is 11.6 Å². The van der Waals surface area contributed by atoms with E-state index in [0.717, 1.165) is 43.8 Å². The first kappa shape index (κ1) is 12.7. The fourth-order valence-corrected chi connectivity index (χ4v) is 1.51. The average Bonchev–Trinajstić information content (AvgIpc) is 2.29. The van der Waals surface area contributed by atoms with Crippen LogP contribution in [-0.2, 0) is 11.2 Å². The summed E-state index contributed by atoms with van der Waals surface area (Å²) in [5, 5.41) is 3.28. The van der Waals surface area contributed by atoms with Gasteiger partial charge in [0.15, 0.2) is 0 Å². The number of nitrogens with zero attached hydrogens (tertiary/aromatic N) is 2. The topological polar surface area (TPSA) is 73.1 Å². The number of nitrogen functional groups attached to an aromatic ring is 1. The number of ether oxygens (including phenoxy) is 1. The van der Waals surface area contributed by atoms with Crippen LogP contribution in [-0.4, -0.2) is 30.2 Å². The van der Waals surface area contributed by atoms with Gasteiger partial charge in [0.05, 0.1) is 0 Å². The molecule has 0 aliphatic heterocycles. The number of nitrogens with two attached hydrogens (primary N) is 1. The van der Waals surface area contributed by atoms with E-state index in [2.05, 4.69) is 15.3 Å². The second-order valence-electron chi connectivity index (χ2n) is 3.57. The maximum absolute atomic E-state index is 5.77. The molecule has 1 aromatic heterocycles. The van der Waals surface area contributed by atoms with Gasteiger partial charge in [0.2, 0.25) is 0 Å². The SMILES string of the molecule is CCc1c(N)ncnc1NCCCCOC. The Hall–Kier alpha value is -1.36. The molecular formula is C11H20N4O. The number of unbranched alkanes of at least 4 members (excludes halogenated alkanes) is 1. The van der Waals surface area contributed by atoms with E-state index in [9.17, 15) is 0 Å². The highest BCUT2D eigenvalue weighted by Crippen LogP contribution is 2.17. The number of nitrogens with one attached hydrogen (secondary N) is 1. The first-order valence-corrected chi connectivity index (χ1v) is 5.61. The third-order valence-corrected chi connectivity index (χ3v) is 2.40. The number of methoxy groups -OCH3 is 1. The maximum atomic E-state index is 5.77. The van der Waals surface area contributed by atoms with Gasteiger partial charge in [-0.05, 0) is 19.3 Å². The van der Waals surface area contributed by atoms with E-state index in [4.69, 9.17) is 10.5 Å². The number of anilines is 2. The molecule has 0 saturated carbocycles. The molecule has 1 aromatic rings. The van der Waals surface area contributed by atoms with E-state index in [0.29, 0.717) is 5.82 Å². The molecule has 1 heterocycles. The van der Waals surface area contributed by atoms with Gasteiger partial charge in [-0.2, -0.15) is 0 Å². The molecule has 5 nitrogen and oxygen atoms in total. The van der Waals surface area contributed by atoms with E-state index >= 15 is 0 Å². The molecule has 0 radical (unpaired) electrons. The van der Waals surface area contributed by atoms with Gasteiger partial charge < -0.3 is 15.8 Å². The molecule has 0 aromatic carbocycles. The lowest BCUT2D eigenvalue weighted by Gasteiger charge is -2.10. The van der Waals surface area contributed by atoms with Crippen LogP contribution in [0.3, 0.4) is 0 Å². The minimum Gasteiger partial charge on any atom is -0.385 e. The fraction of sp³-hybridized carbons (Fsp3) is 0.636. The molecule has 3 N–H and O–H groups in total. The Morgan fingerprint density at radius 2 is 2.19 bits per heavy atom. The van der Waals surface area contributed by atoms with Crippen molar-refractivity contribution in [2.75, 3.05) is 31.3 Å². The van der Waals surface area contributed by atoms with Crippen molar-refractivity contribution < 1.29 is 4.74 Å². The molecule has 0 bridgehead atoms. The molecular weight excluding hydrogens is 204 g/mol. The summed E-state index contributed by atoms with van der Waals surface area (Å²) >= 11 is 0. The van der Waals surface area contributed by atoms with Crippen molar-refractivity contribution in [3.63, 3.8) is 0 Å². The monoisotopic (exact) mass is 224 g/mol. The Morgan fingerprint density at radius 1 is 1.38 bits per heavy atom. The number of aromatic nitrogens is 2. The van der Waals surface area contributed by atoms with Crippen LogP contribution in [0.4, 0.5) is 11.6 Å². The predicted molar refractivity (Wildman–Crippen MR) is 65.4 cm³/mol. The first-order chi connectivity index (χ1) is 7.79. The third-order valence-electron chi connectivity index (χ3n) is 2.40. The van der Waals surface area contributed by atoms with Gasteiger partial charge in [-0.3, -0.25) is 0 Å². The van der Waals surface area contributed by atoms with Gasteiger partial charge in [0, 0.05) is 25.8 Å². The Kier molecular flexibility index (Phi) is 5.56. The van der Waals surface area contributed by atoms with Gasteiger partial charge in [0.25, 0.3) is 0 Å². The zero-order valence-electron chi connectivity index (χ0n) is 9.99. The van der Waals surface area contributed by atoms with Crippen LogP contribution >= 0.6 is 0 Å². The van der Waals surface area contributed by atoms with Gasteiger partial charge in [-0.1, -0.05) is 6.92 Å². The van der Waals surface area contributed by atoms with E-state index in [1.165, 1.54) is 6.33 Å². The summed E-state index contributed by atoms with van der Waals surface area (Å²) in [6, 6.07) is 0. The zero-order chi connectivity index (χ0) is 11.8. The van der Waals surface area contributed by atoms with E-state index < -0.39 is 0 Å². The number of hydrogen-bond donors (Lipinski definition) is 2.